The Morgan fingerprint density at radius 2 is 2.04 bits per heavy atom. The number of halogens is 2. The van der Waals surface area contributed by atoms with Crippen LogP contribution in [0.2, 0.25) is 10.0 Å². The molecule has 0 saturated heterocycles. The van der Waals surface area contributed by atoms with E-state index in [4.69, 9.17) is 27.9 Å². The number of ether oxygens (including phenoxy) is 1. The fourth-order valence-electron chi connectivity index (χ4n) is 2.98. The van der Waals surface area contributed by atoms with Gasteiger partial charge in [-0.05, 0) is 24.1 Å². The van der Waals surface area contributed by atoms with E-state index in [1.807, 2.05) is 18.2 Å². The predicted octanol–water partition coefficient (Wildman–Crippen LogP) is 4.18. The topological polar surface area (TPSA) is 50.4 Å². The number of esters is 1. The van der Waals surface area contributed by atoms with Gasteiger partial charge in [0.15, 0.2) is 0 Å². The molecule has 0 spiro atoms. The van der Waals surface area contributed by atoms with Crippen LogP contribution < -0.4 is 10.6 Å². The standard InChI is InChI=1S/C18H18Cl2N2O2/c1-24-18(23)16-9-14(21-10-11-5-3-2-4-6-11)17-13(20)7-12(19)8-15(17)22-16/h2-8,14,16,21-22H,9-10H2,1H3/t14-,16+/m1/s1. The predicted molar refractivity (Wildman–Crippen MR) is 96.5 cm³/mol. The van der Waals surface area contributed by atoms with Crippen LogP contribution in [0.3, 0.4) is 0 Å². The second kappa shape index (κ2) is 7.43. The van der Waals surface area contributed by atoms with Gasteiger partial charge in [0.05, 0.1) is 7.11 Å². The number of hydrogen-bond acceptors (Lipinski definition) is 4. The normalized spacial score (nSPS) is 19.3. The third kappa shape index (κ3) is 3.66. The number of nitrogens with one attached hydrogen (secondary N) is 2. The van der Waals surface area contributed by atoms with E-state index < -0.39 is 6.04 Å². The molecule has 0 unspecified atom stereocenters. The number of hydrogen-bond donors (Lipinski definition) is 2. The van der Waals surface area contributed by atoms with E-state index in [1.165, 1.54) is 7.11 Å². The van der Waals surface area contributed by atoms with Crippen LogP contribution >= 0.6 is 23.2 Å². The Hall–Kier alpha value is -1.75. The molecule has 0 saturated carbocycles. The molecule has 4 nitrogen and oxygen atoms in total. The van der Waals surface area contributed by atoms with E-state index >= 15 is 0 Å². The highest BCUT2D eigenvalue weighted by atomic mass is 35.5. The number of rotatable bonds is 4. The zero-order valence-electron chi connectivity index (χ0n) is 13.2. The van der Waals surface area contributed by atoms with E-state index in [2.05, 4.69) is 22.8 Å². The van der Waals surface area contributed by atoms with Gasteiger partial charge < -0.3 is 15.4 Å². The molecule has 0 radical (unpaired) electrons. The number of benzene rings is 2. The van der Waals surface area contributed by atoms with Crippen molar-refractivity contribution in [3.8, 4) is 0 Å². The average molecular weight is 365 g/mol. The summed E-state index contributed by atoms with van der Waals surface area (Å²) in [5.74, 6) is -0.303. The van der Waals surface area contributed by atoms with Crippen molar-refractivity contribution in [1.29, 1.82) is 0 Å². The highest BCUT2D eigenvalue weighted by molar-refractivity contribution is 6.35. The summed E-state index contributed by atoms with van der Waals surface area (Å²) in [4.78, 5) is 12.0. The summed E-state index contributed by atoms with van der Waals surface area (Å²) in [7, 11) is 1.39. The Labute approximate surface area is 151 Å². The van der Waals surface area contributed by atoms with Gasteiger partial charge in [-0.1, -0.05) is 53.5 Å². The fourth-order valence-corrected chi connectivity index (χ4v) is 3.60. The Bertz CT molecular complexity index is 737. The molecule has 1 aliphatic heterocycles. The van der Waals surface area contributed by atoms with E-state index in [1.54, 1.807) is 12.1 Å². The minimum Gasteiger partial charge on any atom is -0.467 e. The van der Waals surface area contributed by atoms with Crippen molar-refractivity contribution < 1.29 is 9.53 Å². The van der Waals surface area contributed by atoms with Crippen LogP contribution in [0.25, 0.3) is 0 Å². The Balaban J connectivity index is 1.88. The van der Waals surface area contributed by atoms with E-state index in [0.29, 0.717) is 23.0 Å². The first kappa shape index (κ1) is 17.1. The molecule has 0 fully saturated rings. The summed E-state index contributed by atoms with van der Waals surface area (Å²) in [6.45, 7) is 0.678. The molecule has 2 atom stereocenters. The summed E-state index contributed by atoms with van der Waals surface area (Å²) in [6, 6.07) is 13.1. The zero-order chi connectivity index (χ0) is 17.1. The Morgan fingerprint density at radius 1 is 1.29 bits per heavy atom. The van der Waals surface area contributed by atoms with Gasteiger partial charge in [-0.3, -0.25) is 0 Å². The largest absolute Gasteiger partial charge is 0.467 e. The van der Waals surface area contributed by atoms with Crippen LogP contribution in [0.1, 0.15) is 23.6 Å². The fraction of sp³-hybridized carbons (Fsp3) is 0.278. The van der Waals surface area contributed by atoms with Crippen LogP contribution in [0, 0.1) is 0 Å². The molecular formula is C18H18Cl2N2O2. The molecule has 2 N–H and O–H groups in total. The number of fused-ring (bicyclic) bond motifs is 1. The number of carbonyl (C=O) groups is 1. The number of anilines is 1. The lowest BCUT2D eigenvalue weighted by Crippen LogP contribution is -2.40. The SMILES string of the molecule is COC(=O)[C@@H]1C[C@@H](NCc2ccccc2)c2c(Cl)cc(Cl)cc2N1. The molecule has 0 amide bonds. The van der Waals surface area contributed by atoms with E-state index in [-0.39, 0.29) is 12.0 Å². The quantitative estimate of drug-likeness (QED) is 0.798. The molecule has 0 bridgehead atoms. The van der Waals surface area contributed by atoms with Gasteiger partial charge in [0.2, 0.25) is 0 Å². The van der Waals surface area contributed by atoms with Gasteiger partial charge in [0.25, 0.3) is 0 Å². The number of methoxy groups -OCH3 is 1. The van der Waals surface area contributed by atoms with Crippen molar-refractivity contribution in [3.63, 3.8) is 0 Å². The first-order chi connectivity index (χ1) is 11.6. The maximum Gasteiger partial charge on any atom is 0.328 e. The molecule has 0 aromatic heterocycles. The summed E-state index contributed by atoms with van der Waals surface area (Å²) >= 11 is 12.5. The highest BCUT2D eigenvalue weighted by Gasteiger charge is 2.33. The minimum absolute atomic E-state index is 0.0738. The summed E-state index contributed by atoms with van der Waals surface area (Å²) in [6.07, 6.45) is 0.549. The molecule has 1 heterocycles. The van der Waals surface area contributed by atoms with Crippen molar-refractivity contribution >= 4 is 34.9 Å². The van der Waals surface area contributed by atoms with Crippen LogP contribution in [0.15, 0.2) is 42.5 Å². The molecule has 1 aliphatic rings. The van der Waals surface area contributed by atoms with Gasteiger partial charge in [0.1, 0.15) is 6.04 Å². The number of carbonyl (C=O) groups excluding carboxylic acids is 1. The smallest absolute Gasteiger partial charge is 0.328 e. The van der Waals surface area contributed by atoms with Crippen LogP contribution in [0.4, 0.5) is 5.69 Å². The van der Waals surface area contributed by atoms with Crippen molar-refractivity contribution in [2.24, 2.45) is 0 Å². The van der Waals surface area contributed by atoms with Gasteiger partial charge in [-0.25, -0.2) is 4.79 Å². The van der Waals surface area contributed by atoms with Gasteiger partial charge in [-0.2, -0.15) is 0 Å². The van der Waals surface area contributed by atoms with E-state index in [0.717, 1.165) is 16.8 Å². The highest BCUT2D eigenvalue weighted by Crippen LogP contribution is 2.40. The van der Waals surface area contributed by atoms with Crippen molar-refractivity contribution in [2.45, 2.75) is 25.0 Å². The molecule has 126 valence electrons. The zero-order valence-corrected chi connectivity index (χ0v) is 14.7. The summed E-state index contributed by atoms with van der Waals surface area (Å²) in [5, 5.41) is 7.77. The maximum atomic E-state index is 12.0. The summed E-state index contributed by atoms with van der Waals surface area (Å²) in [5.41, 5.74) is 2.86. The lowest BCUT2D eigenvalue weighted by atomic mass is 9.92. The maximum absolute atomic E-state index is 12.0. The third-order valence-electron chi connectivity index (χ3n) is 4.13. The van der Waals surface area contributed by atoms with Crippen molar-refractivity contribution in [3.05, 3.63) is 63.6 Å². The lowest BCUT2D eigenvalue weighted by Gasteiger charge is -2.33. The molecule has 2 aromatic rings. The first-order valence-corrected chi connectivity index (χ1v) is 8.44. The molecule has 6 heteroatoms. The van der Waals surface area contributed by atoms with E-state index in [9.17, 15) is 4.79 Å². The molecular weight excluding hydrogens is 347 g/mol. The second-order valence-corrected chi connectivity index (χ2v) is 6.57. The third-order valence-corrected chi connectivity index (χ3v) is 4.66. The molecule has 3 rings (SSSR count). The van der Waals surface area contributed by atoms with Gasteiger partial charge in [0, 0.05) is 33.9 Å². The van der Waals surface area contributed by atoms with Gasteiger partial charge in [-0.15, -0.1) is 0 Å². The summed E-state index contributed by atoms with van der Waals surface area (Å²) < 4.78 is 4.88. The van der Waals surface area contributed by atoms with Gasteiger partial charge >= 0.3 is 5.97 Å². The van der Waals surface area contributed by atoms with Crippen molar-refractivity contribution in [1.82, 2.24) is 5.32 Å². The van der Waals surface area contributed by atoms with Crippen LogP contribution in [-0.2, 0) is 16.1 Å². The molecule has 2 aromatic carbocycles. The molecule has 24 heavy (non-hydrogen) atoms. The van der Waals surface area contributed by atoms with Crippen molar-refractivity contribution in [2.75, 3.05) is 12.4 Å². The average Bonchev–Trinajstić information content (AvgIpc) is 2.59. The molecule has 0 aliphatic carbocycles. The first-order valence-electron chi connectivity index (χ1n) is 7.69. The van der Waals surface area contributed by atoms with Crippen LogP contribution in [0.5, 0.6) is 0 Å². The van der Waals surface area contributed by atoms with Crippen LogP contribution in [-0.4, -0.2) is 19.1 Å². The Kier molecular flexibility index (Phi) is 5.29. The monoisotopic (exact) mass is 364 g/mol. The Morgan fingerprint density at radius 3 is 2.75 bits per heavy atom. The lowest BCUT2D eigenvalue weighted by molar-refractivity contribution is -0.141. The minimum atomic E-state index is -0.440. The second-order valence-electron chi connectivity index (χ2n) is 5.72.